The van der Waals surface area contributed by atoms with Crippen LogP contribution in [0.25, 0.3) is 0 Å². The average Bonchev–Trinajstić information content (AvgIpc) is 2.25. The predicted molar refractivity (Wildman–Crippen MR) is 47.7 cm³/mol. The van der Waals surface area contributed by atoms with Gasteiger partial charge < -0.3 is 10.5 Å². The average molecular weight is 169 g/mol. The van der Waals surface area contributed by atoms with Crippen LogP contribution in [0, 0.1) is 6.92 Å². The topological polar surface area (TPSA) is 53.1 Å². The van der Waals surface area contributed by atoms with Crippen molar-refractivity contribution in [3.63, 3.8) is 0 Å². The molecule has 0 saturated heterocycles. The van der Waals surface area contributed by atoms with Crippen LogP contribution in [0.15, 0.2) is 0 Å². The summed E-state index contributed by atoms with van der Waals surface area (Å²) in [5.41, 5.74) is 7.71. The lowest BCUT2D eigenvalue weighted by atomic mass is 10.2. The molecule has 0 spiro atoms. The van der Waals surface area contributed by atoms with Crippen LogP contribution in [0.2, 0.25) is 0 Å². The van der Waals surface area contributed by atoms with E-state index in [-0.39, 0.29) is 0 Å². The number of aromatic nitrogens is 2. The van der Waals surface area contributed by atoms with Crippen molar-refractivity contribution in [2.75, 3.05) is 12.3 Å². The van der Waals surface area contributed by atoms with E-state index in [0.29, 0.717) is 19.0 Å². The van der Waals surface area contributed by atoms with Crippen LogP contribution >= 0.6 is 0 Å². The summed E-state index contributed by atoms with van der Waals surface area (Å²) in [6.07, 6.45) is 0. The van der Waals surface area contributed by atoms with Crippen LogP contribution in [-0.4, -0.2) is 16.4 Å². The zero-order chi connectivity index (χ0) is 9.14. The van der Waals surface area contributed by atoms with Gasteiger partial charge >= 0.3 is 0 Å². The van der Waals surface area contributed by atoms with Crippen LogP contribution in [0.3, 0.4) is 0 Å². The molecule has 0 saturated carbocycles. The Bertz CT molecular complexity index is 268. The highest BCUT2D eigenvalue weighted by molar-refractivity contribution is 5.42. The van der Waals surface area contributed by atoms with Crippen LogP contribution in [0.1, 0.15) is 18.2 Å². The molecule has 0 unspecified atom stereocenters. The quantitative estimate of drug-likeness (QED) is 0.729. The number of anilines is 1. The van der Waals surface area contributed by atoms with Crippen molar-refractivity contribution in [1.29, 1.82) is 0 Å². The minimum absolute atomic E-state index is 0.558. The maximum atomic E-state index is 5.76. The largest absolute Gasteiger partial charge is 0.384 e. The highest BCUT2D eigenvalue weighted by Gasteiger charge is 2.08. The molecule has 0 aliphatic heterocycles. The number of hydrogen-bond donors (Lipinski definition) is 1. The number of nitrogens with two attached hydrogens (primary N) is 1. The normalized spacial score (nSPS) is 10.6. The lowest BCUT2D eigenvalue weighted by Gasteiger charge is -2.00. The maximum Gasteiger partial charge on any atom is 0.127 e. The van der Waals surface area contributed by atoms with Gasteiger partial charge in [-0.25, -0.2) is 0 Å². The van der Waals surface area contributed by atoms with Crippen LogP contribution in [0.5, 0.6) is 0 Å². The monoisotopic (exact) mass is 169 g/mol. The lowest BCUT2D eigenvalue weighted by molar-refractivity contribution is 0.134. The molecular weight excluding hydrogens is 154 g/mol. The first kappa shape index (κ1) is 9.06. The molecule has 1 rings (SSSR count). The van der Waals surface area contributed by atoms with Gasteiger partial charge in [-0.05, 0) is 13.8 Å². The summed E-state index contributed by atoms with van der Waals surface area (Å²) in [5.74, 6) is 0.695. The highest BCUT2D eigenvalue weighted by Crippen LogP contribution is 2.15. The third kappa shape index (κ3) is 1.58. The van der Waals surface area contributed by atoms with E-state index in [9.17, 15) is 0 Å². The number of hydrogen-bond acceptors (Lipinski definition) is 3. The number of ether oxygens (including phenoxy) is 1. The molecule has 0 aliphatic carbocycles. The molecular formula is C8H15N3O. The molecule has 0 aliphatic rings. The van der Waals surface area contributed by atoms with E-state index < -0.39 is 0 Å². The van der Waals surface area contributed by atoms with E-state index in [4.69, 9.17) is 10.5 Å². The van der Waals surface area contributed by atoms with E-state index in [0.717, 1.165) is 11.3 Å². The molecule has 0 radical (unpaired) electrons. The molecule has 1 aromatic rings. The zero-order valence-corrected chi connectivity index (χ0v) is 7.79. The smallest absolute Gasteiger partial charge is 0.127 e. The minimum Gasteiger partial charge on any atom is -0.384 e. The zero-order valence-electron chi connectivity index (χ0n) is 7.79. The summed E-state index contributed by atoms with van der Waals surface area (Å²) in [4.78, 5) is 0. The van der Waals surface area contributed by atoms with E-state index in [2.05, 4.69) is 5.10 Å². The van der Waals surface area contributed by atoms with E-state index >= 15 is 0 Å². The standard InChI is InChI=1S/C8H15N3O/c1-4-12-5-7-6(2)10-11(3)8(7)9/h4-5,9H2,1-3H3. The van der Waals surface area contributed by atoms with Gasteiger partial charge in [0.15, 0.2) is 0 Å². The molecule has 12 heavy (non-hydrogen) atoms. The first-order valence-electron chi connectivity index (χ1n) is 4.02. The summed E-state index contributed by atoms with van der Waals surface area (Å²) in [5, 5.41) is 4.18. The Hall–Kier alpha value is -1.03. The van der Waals surface area contributed by atoms with Crippen molar-refractivity contribution in [1.82, 2.24) is 9.78 Å². The number of nitrogen functional groups attached to an aromatic ring is 1. The first-order valence-corrected chi connectivity index (χ1v) is 4.02. The third-order valence-corrected chi connectivity index (χ3v) is 1.85. The molecule has 0 amide bonds. The van der Waals surface area contributed by atoms with Gasteiger partial charge in [-0.15, -0.1) is 0 Å². The third-order valence-electron chi connectivity index (χ3n) is 1.85. The molecule has 4 heteroatoms. The Morgan fingerprint density at radius 3 is 2.67 bits per heavy atom. The van der Waals surface area contributed by atoms with Gasteiger partial charge in [0.05, 0.1) is 12.3 Å². The fraction of sp³-hybridized carbons (Fsp3) is 0.625. The predicted octanol–water partition coefficient (Wildman–Crippen LogP) is 0.847. The van der Waals surface area contributed by atoms with Gasteiger partial charge in [0.25, 0.3) is 0 Å². The minimum atomic E-state index is 0.558. The summed E-state index contributed by atoms with van der Waals surface area (Å²) in [7, 11) is 1.83. The van der Waals surface area contributed by atoms with Gasteiger partial charge in [-0.2, -0.15) is 5.10 Å². The molecule has 0 bridgehead atoms. The second-order valence-electron chi connectivity index (χ2n) is 2.71. The molecule has 0 atom stereocenters. The van der Waals surface area contributed by atoms with Crippen molar-refractivity contribution in [2.24, 2.45) is 7.05 Å². The van der Waals surface area contributed by atoms with Gasteiger partial charge in [0.2, 0.25) is 0 Å². The lowest BCUT2D eigenvalue weighted by Crippen LogP contribution is -2.01. The summed E-state index contributed by atoms with van der Waals surface area (Å²) in [6.45, 7) is 5.16. The Kier molecular flexibility index (Phi) is 2.70. The van der Waals surface area contributed by atoms with Crippen molar-refractivity contribution in [2.45, 2.75) is 20.5 Å². The van der Waals surface area contributed by atoms with E-state index in [1.54, 1.807) is 4.68 Å². The van der Waals surface area contributed by atoms with Crippen molar-refractivity contribution in [3.05, 3.63) is 11.3 Å². The summed E-state index contributed by atoms with van der Waals surface area (Å²) < 4.78 is 6.93. The Labute approximate surface area is 72.3 Å². The molecule has 4 nitrogen and oxygen atoms in total. The van der Waals surface area contributed by atoms with Crippen molar-refractivity contribution < 1.29 is 4.74 Å². The molecule has 0 fully saturated rings. The summed E-state index contributed by atoms with van der Waals surface area (Å²) in [6, 6.07) is 0. The van der Waals surface area contributed by atoms with Crippen LogP contribution < -0.4 is 5.73 Å². The molecule has 1 aromatic heterocycles. The van der Waals surface area contributed by atoms with E-state index in [1.165, 1.54) is 0 Å². The Morgan fingerprint density at radius 2 is 2.25 bits per heavy atom. The number of rotatable bonds is 3. The molecule has 68 valence electrons. The fourth-order valence-corrected chi connectivity index (χ4v) is 1.10. The SMILES string of the molecule is CCOCc1c(C)nn(C)c1N. The van der Waals surface area contributed by atoms with Crippen molar-refractivity contribution >= 4 is 5.82 Å². The molecule has 2 N–H and O–H groups in total. The second-order valence-corrected chi connectivity index (χ2v) is 2.71. The van der Waals surface area contributed by atoms with E-state index in [1.807, 2.05) is 20.9 Å². The first-order chi connectivity index (χ1) is 5.66. The number of nitrogens with zero attached hydrogens (tertiary/aromatic N) is 2. The van der Waals surface area contributed by atoms with Crippen molar-refractivity contribution in [3.8, 4) is 0 Å². The fourth-order valence-electron chi connectivity index (χ4n) is 1.10. The highest BCUT2D eigenvalue weighted by atomic mass is 16.5. The second kappa shape index (κ2) is 3.58. The maximum absolute atomic E-state index is 5.76. The van der Waals surface area contributed by atoms with Gasteiger partial charge in [-0.1, -0.05) is 0 Å². The number of aryl methyl sites for hydroxylation is 2. The van der Waals surface area contributed by atoms with Gasteiger partial charge in [-0.3, -0.25) is 4.68 Å². The van der Waals surface area contributed by atoms with Gasteiger partial charge in [0, 0.05) is 19.2 Å². The summed E-state index contributed by atoms with van der Waals surface area (Å²) >= 11 is 0. The van der Waals surface area contributed by atoms with Crippen LogP contribution in [-0.2, 0) is 18.4 Å². The van der Waals surface area contributed by atoms with Crippen LogP contribution in [0.4, 0.5) is 5.82 Å². The molecule has 1 heterocycles. The molecule has 0 aromatic carbocycles. The Morgan fingerprint density at radius 1 is 1.58 bits per heavy atom. The Balaban J connectivity index is 2.82. The van der Waals surface area contributed by atoms with Gasteiger partial charge in [0.1, 0.15) is 5.82 Å².